The number of amides is 3. The molecule has 1 aliphatic carbocycles. The van der Waals surface area contributed by atoms with Crippen LogP contribution in [0.25, 0.3) is 0 Å². The fraction of sp³-hybridized carbons (Fsp3) is 0.853. The highest BCUT2D eigenvalue weighted by atomic mass is 16.5. The Hall–Kier alpha value is -2.09. The number of ether oxygens (including phenoxy) is 1. The Morgan fingerprint density at radius 3 is 1.88 bits per heavy atom. The standard InChI is InChI=1S/C34H64N4O4/c1-5-6-7-8-9-10-11-12-13-14-15-16-17-18-19-20-27-38(29-39)32-24-21-23-30(33(40)35-2)31(32)28-42-34(41)36-25-22-26-37(3)4/h21,23,29-32H,5-20,22,24-28H2,1-4H3,(H,35,40)(H,36,41). The molecule has 0 fully saturated rings. The second kappa shape index (κ2) is 25.4. The summed E-state index contributed by atoms with van der Waals surface area (Å²) in [5.74, 6) is -0.846. The smallest absolute Gasteiger partial charge is 0.407 e. The Bertz CT molecular complexity index is 730. The minimum Gasteiger partial charge on any atom is -0.449 e. The van der Waals surface area contributed by atoms with Gasteiger partial charge in [-0.15, -0.1) is 0 Å². The molecule has 1 aliphatic rings. The molecule has 0 saturated heterocycles. The maximum Gasteiger partial charge on any atom is 0.407 e. The quantitative estimate of drug-likeness (QED) is 0.0663. The molecule has 0 spiro atoms. The predicted octanol–water partition coefficient (Wildman–Crippen LogP) is 6.69. The zero-order valence-electron chi connectivity index (χ0n) is 27.5. The van der Waals surface area contributed by atoms with Crippen LogP contribution < -0.4 is 10.6 Å². The minimum atomic E-state index is -0.479. The van der Waals surface area contributed by atoms with E-state index in [1.54, 1.807) is 7.05 Å². The Morgan fingerprint density at radius 1 is 0.833 bits per heavy atom. The molecule has 8 nitrogen and oxygen atoms in total. The van der Waals surface area contributed by atoms with Crippen LogP contribution in [-0.4, -0.2) is 81.6 Å². The number of alkyl carbamates (subject to hydrolysis) is 1. The normalized spacial score (nSPS) is 18.2. The van der Waals surface area contributed by atoms with Crippen LogP contribution in [-0.2, 0) is 14.3 Å². The van der Waals surface area contributed by atoms with Crippen LogP contribution in [0, 0.1) is 11.8 Å². The van der Waals surface area contributed by atoms with Crippen molar-refractivity contribution in [1.29, 1.82) is 0 Å². The van der Waals surface area contributed by atoms with E-state index in [0.717, 1.165) is 32.2 Å². The first-order valence-electron chi connectivity index (χ1n) is 17.1. The van der Waals surface area contributed by atoms with E-state index in [-0.39, 0.29) is 24.5 Å². The van der Waals surface area contributed by atoms with Gasteiger partial charge in [0.15, 0.2) is 0 Å². The van der Waals surface area contributed by atoms with Gasteiger partial charge in [-0.3, -0.25) is 9.59 Å². The van der Waals surface area contributed by atoms with Gasteiger partial charge in [-0.2, -0.15) is 0 Å². The summed E-state index contributed by atoms with van der Waals surface area (Å²) in [6.45, 7) is 4.44. The van der Waals surface area contributed by atoms with Gasteiger partial charge in [-0.25, -0.2) is 4.79 Å². The molecule has 1 rings (SSSR count). The molecule has 3 unspecified atom stereocenters. The fourth-order valence-corrected chi connectivity index (χ4v) is 5.91. The monoisotopic (exact) mass is 592 g/mol. The summed E-state index contributed by atoms with van der Waals surface area (Å²) in [6.07, 6.45) is 26.8. The van der Waals surface area contributed by atoms with Gasteiger partial charge < -0.3 is 25.2 Å². The van der Waals surface area contributed by atoms with Crippen molar-refractivity contribution < 1.29 is 19.1 Å². The van der Waals surface area contributed by atoms with Crippen molar-refractivity contribution in [1.82, 2.24) is 20.4 Å². The maximum absolute atomic E-state index is 12.6. The van der Waals surface area contributed by atoms with Gasteiger partial charge in [-0.05, 0) is 39.9 Å². The Kier molecular flexibility index (Phi) is 23.0. The van der Waals surface area contributed by atoms with Gasteiger partial charge in [0.25, 0.3) is 0 Å². The molecule has 0 radical (unpaired) electrons. The summed E-state index contributed by atoms with van der Waals surface area (Å²) in [4.78, 5) is 41.0. The molecule has 0 aromatic rings. The first-order valence-corrected chi connectivity index (χ1v) is 17.1. The van der Waals surface area contributed by atoms with Crippen molar-refractivity contribution in [2.24, 2.45) is 11.8 Å². The minimum absolute atomic E-state index is 0.0932. The highest BCUT2D eigenvalue weighted by Gasteiger charge is 2.38. The number of unbranched alkanes of at least 4 members (excludes halogenated alkanes) is 15. The molecule has 0 heterocycles. The van der Waals surface area contributed by atoms with E-state index in [1.165, 1.54) is 89.9 Å². The Morgan fingerprint density at radius 2 is 1.38 bits per heavy atom. The molecule has 0 aromatic carbocycles. The third kappa shape index (κ3) is 17.8. The van der Waals surface area contributed by atoms with Crippen molar-refractivity contribution in [2.45, 2.75) is 129 Å². The zero-order valence-corrected chi connectivity index (χ0v) is 27.5. The van der Waals surface area contributed by atoms with Crippen molar-refractivity contribution in [3.8, 4) is 0 Å². The summed E-state index contributed by atoms with van der Waals surface area (Å²) < 4.78 is 5.55. The Labute approximate surface area is 257 Å². The highest BCUT2D eigenvalue weighted by molar-refractivity contribution is 5.81. The van der Waals surface area contributed by atoms with Crippen molar-refractivity contribution >= 4 is 18.4 Å². The average molecular weight is 593 g/mol. The van der Waals surface area contributed by atoms with E-state index in [9.17, 15) is 14.4 Å². The van der Waals surface area contributed by atoms with E-state index < -0.39 is 12.0 Å². The van der Waals surface area contributed by atoms with Crippen LogP contribution in [0.5, 0.6) is 0 Å². The second-order valence-corrected chi connectivity index (χ2v) is 12.4. The van der Waals surface area contributed by atoms with Crippen LogP contribution in [0.4, 0.5) is 4.79 Å². The molecule has 3 atom stereocenters. The second-order valence-electron chi connectivity index (χ2n) is 12.4. The van der Waals surface area contributed by atoms with Gasteiger partial charge in [0.2, 0.25) is 12.3 Å². The van der Waals surface area contributed by atoms with Crippen LogP contribution >= 0.6 is 0 Å². The number of nitrogens with zero attached hydrogens (tertiary/aromatic N) is 2. The summed E-state index contributed by atoms with van der Waals surface area (Å²) in [5, 5.41) is 5.52. The summed E-state index contributed by atoms with van der Waals surface area (Å²) in [7, 11) is 5.60. The molecular weight excluding hydrogens is 528 g/mol. The van der Waals surface area contributed by atoms with E-state index in [2.05, 4.69) is 22.5 Å². The third-order valence-corrected chi connectivity index (χ3v) is 8.52. The lowest BCUT2D eigenvalue weighted by Crippen LogP contribution is -2.49. The molecule has 42 heavy (non-hydrogen) atoms. The predicted molar refractivity (Wildman–Crippen MR) is 173 cm³/mol. The summed E-state index contributed by atoms with van der Waals surface area (Å²) >= 11 is 0. The van der Waals surface area contributed by atoms with Crippen molar-refractivity contribution in [3.63, 3.8) is 0 Å². The van der Waals surface area contributed by atoms with Gasteiger partial charge in [0, 0.05) is 32.1 Å². The third-order valence-electron chi connectivity index (χ3n) is 8.52. The van der Waals surface area contributed by atoms with Gasteiger partial charge >= 0.3 is 6.09 Å². The SMILES string of the molecule is CCCCCCCCCCCCCCCCCCN(C=O)C1CC=CC(C(=O)NC)C1COC(=O)NCCCN(C)C. The Balaban J connectivity index is 2.33. The number of hydrogen-bond acceptors (Lipinski definition) is 5. The number of carbonyl (C=O) groups excluding carboxylic acids is 3. The molecule has 2 N–H and O–H groups in total. The molecule has 0 aliphatic heterocycles. The van der Waals surface area contributed by atoms with Crippen molar-refractivity contribution in [2.75, 3.05) is 47.4 Å². The van der Waals surface area contributed by atoms with Crippen LogP contribution in [0.3, 0.4) is 0 Å². The summed E-state index contributed by atoms with van der Waals surface area (Å²) in [5.41, 5.74) is 0. The molecule has 244 valence electrons. The number of carbonyl (C=O) groups is 3. The average Bonchev–Trinajstić information content (AvgIpc) is 2.99. The molecule has 3 amide bonds. The number of rotatable bonds is 26. The largest absolute Gasteiger partial charge is 0.449 e. The highest BCUT2D eigenvalue weighted by Crippen LogP contribution is 2.30. The van der Waals surface area contributed by atoms with Gasteiger partial charge in [0.05, 0.1) is 12.5 Å². The van der Waals surface area contributed by atoms with E-state index in [1.807, 2.05) is 31.1 Å². The molecule has 0 bridgehead atoms. The van der Waals surface area contributed by atoms with E-state index in [4.69, 9.17) is 4.74 Å². The van der Waals surface area contributed by atoms with Crippen LogP contribution in [0.2, 0.25) is 0 Å². The first-order chi connectivity index (χ1) is 20.4. The number of nitrogens with one attached hydrogen (secondary N) is 2. The van der Waals surface area contributed by atoms with Gasteiger partial charge in [-0.1, -0.05) is 115 Å². The lowest BCUT2D eigenvalue weighted by atomic mass is 9.79. The fourth-order valence-electron chi connectivity index (χ4n) is 5.91. The summed E-state index contributed by atoms with van der Waals surface area (Å²) in [6, 6.07) is -0.173. The molecule has 0 saturated carbocycles. The van der Waals surface area contributed by atoms with E-state index in [0.29, 0.717) is 19.5 Å². The van der Waals surface area contributed by atoms with Crippen molar-refractivity contribution in [3.05, 3.63) is 12.2 Å². The zero-order chi connectivity index (χ0) is 30.8. The topological polar surface area (TPSA) is 91.0 Å². The first kappa shape index (κ1) is 37.9. The maximum atomic E-state index is 12.6. The van der Waals surface area contributed by atoms with Crippen LogP contribution in [0.15, 0.2) is 12.2 Å². The molecule has 0 aromatic heterocycles. The molecular formula is C34H64N4O4. The number of hydrogen-bond donors (Lipinski definition) is 2. The molecule has 8 heteroatoms. The lowest BCUT2D eigenvalue weighted by Gasteiger charge is -2.39. The van der Waals surface area contributed by atoms with Crippen LogP contribution in [0.1, 0.15) is 122 Å². The van der Waals surface area contributed by atoms with E-state index >= 15 is 0 Å². The lowest BCUT2D eigenvalue weighted by molar-refractivity contribution is -0.129. The van der Waals surface area contributed by atoms with Gasteiger partial charge in [0.1, 0.15) is 0 Å².